The standard InChI is InChI=1S/C8H15N3O4/c1-2-4-7(13)8(14)6(10-11-9)5(3-12)15-4/h4-8,12-14H,2-3H2,1H3. The van der Waals surface area contributed by atoms with E-state index in [0.717, 1.165) is 0 Å². The SMILES string of the molecule is CCC1OC(CO)C(N=[N+]=[N-])C(O)C1O. The summed E-state index contributed by atoms with van der Waals surface area (Å²) >= 11 is 0. The molecule has 7 heteroatoms. The van der Waals surface area contributed by atoms with Crippen molar-refractivity contribution in [1.29, 1.82) is 0 Å². The van der Waals surface area contributed by atoms with Gasteiger partial charge in [-0.2, -0.15) is 0 Å². The van der Waals surface area contributed by atoms with Crippen LogP contribution < -0.4 is 0 Å². The van der Waals surface area contributed by atoms with Crippen LogP contribution in [-0.2, 0) is 4.74 Å². The van der Waals surface area contributed by atoms with Gasteiger partial charge in [0.25, 0.3) is 0 Å². The van der Waals surface area contributed by atoms with Gasteiger partial charge in [-0.3, -0.25) is 0 Å². The van der Waals surface area contributed by atoms with Gasteiger partial charge in [-0.1, -0.05) is 12.0 Å². The number of ether oxygens (including phenoxy) is 1. The Morgan fingerprint density at radius 2 is 2.00 bits per heavy atom. The Morgan fingerprint density at radius 3 is 2.47 bits per heavy atom. The maximum absolute atomic E-state index is 9.67. The monoisotopic (exact) mass is 217 g/mol. The lowest BCUT2D eigenvalue weighted by Crippen LogP contribution is -2.57. The van der Waals surface area contributed by atoms with Crippen LogP contribution in [0.1, 0.15) is 13.3 Å². The number of aliphatic hydroxyl groups excluding tert-OH is 3. The van der Waals surface area contributed by atoms with Crippen molar-refractivity contribution in [2.75, 3.05) is 6.61 Å². The lowest BCUT2D eigenvalue weighted by molar-refractivity contribution is -0.186. The van der Waals surface area contributed by atoms with Gasteiger partial charge in [0.2, 0.25) is 0 Å². The van der Waals surface area contributed by atoms with Crippen LogP contribution in [0.3, 0.4) is 0 Å². The molecule has 0 aliphatic carbocycles. The van der Waals surface area contributed by atoms with Crippen LogP contribution in [0.15, 0.2) is 5.11 Å². The molecule has 1 aliphatic rings. The quantitative estimate of drug-likeness (QED) is 0.337. The fraction of sp³-hybridized carbons (Fsp3) is 1.00. The van der Waals surface area contributed by atoms with E-state index in [1.807, 2.05) is 0 Å². The van der Waals surface area contributed by atoms with Gasteiger partial charge in [0.1, 0.15) is 6.10 Å². The number of azide groups is 1. The molecule has 1 rings (SSSR count). The maximum Gasteiger partial charge on any atom is 0.106 e. The van der Waals surface area contributed by atoms with Gasteiger partial charge in [-0.25, -0.2) is 0 Å². The first-order valence-corrected chi connectivity index (χ1v) is 4.82. The van der Waals surface area contributed by atoms with Gasteiger partial charge in [-0.15, -0.1) is 0 Å². The highest BCUT2D eigenvalue weighted by atomic mass is 16.5. The molecule has 3 N–H and O–H groups in total. The Kier molecular flexibility index (Phi) is 4.31. The number of hydrogen-bond donors (Lipinski definition) is 3. The smallest absolute Gasteiger partial charge is 0.106 e. The van der Waals surface area contributed by atoms with Gasteiger partial charge < -0.3 is 20.1 Å². The van der Waals surface area contributed by atoms with Gasteiger partial charge in [-0.05, 0) is 12.0 Å². The summed E-state index contributed by atoms with van der Waals surface area (Å²) in [6.07, 6.45) is -3.07. The minimum atomic E-state index is -1.20. The molecular formula is C8H15N3O4. The Bertz CT molecular complexity index is 254. The molecule has 1 heterocycles. The Morgan fingerprint density at radius 1 is 1.33 bits per heavy atom. The van der Waals surface area contributed by atoms with Crippen molar-refractivity contribution in [3.05, 3.63) is 10.4 Å². The Balaban J connectivity index is 2.83. The normalized spacial score (nSPS) is 40.9. The minimum Gasteiger partial charge on any atom is -0.394 e. The summed E-state index contributed by atoms with van der Waals surface area (Å²) in [6, 6.07) is -0.946. The van der Waals surface area contributed by atoms with E-state index in [4.69, 9.17) is 15.4 Å². The molecule has 0 saturated carbocycles. The largest absolute Gasteiger partial charge is 0.394 e. The van der Waals surface area contributed by atoms with Gasteiger partial charge in [0.05, 0.1) is 31.0 Å². The molecular weight excluding hydrogens is 202 g/mol. The second kappa shape index (κ2) is 5.29. The molecule has 0 aromatic rings. The minimum absolute atomic E-state index is 0.357. The van der Waals surface area contributed by atoms with E-state index in [1.54, 1.807) is 6.92 Å². The first kappa shape index (κ1) is 12.2. The molecule has 5 atom stereocenters. The fourth-order valence-electron chi connectivity index (χ4n) is 1.72. The number of hydrogen-bond acceptors (Lipinski definition) is 5. The van der Waals surface area contributed by atoms with Crippen LogP contribution in [0, 0.1) is 0 Å². The topological polar surface area (TPSA) is 119 Å². The first-order valence-electron chi connectivity index (χ1n) is 4.82. The average Bonchev–Trinajstić information content (AvgIpc) is 2.25. The van der Waals surface area contributed by atoms with Gasteiger partial charge in [0.15, 0.2) is 0 Å². The van der Waals surface area contributed by atoms with Crippen molar-refractivity contribution in [2.24, 2.45) is 5.11 Å². The Labute approximate surface area is 86.9 Å². The van der Waals surface area contributed by atoms with Crippen LogP contribution in [0.5, 0.6) is 0 Å². The molecule has 0 radical (unpaired) electrons. The molecule has 86 valence electrons. The summed E-state index contributed by atoms with van der Waals surface area (Å²) in [5.74, 6) is 0. The summed E-state index contributed by atoms with van der Waals surface area (Å²) in [6.45, 7) is 1.44. The highest BCUT2D eigenvalue weighted by Crippen LogP contribution is 2.25. The zero-order chi connectivity index (χ0) is 11.4. The third kappa shape index (κ3) is 2.39. The number of rotatable bonds is 3. The van der Waals surface area contributed by atoms with Crippen molar-refractivity contribution in [3.63, 3.8) is 0 Å². The van der Waals surface area contributed by atoms with Crippen LogP contribution in [0.2, 0.25) is 0 Å². The fourth-order valence-corrected chi connectivity index (χ4v) is 1.72. The van der Waals surface area contributed by atoms with E-state index in [2.05, 4.69) is 10.0 Å². The molecule has 1 fully saturated rings. The van der Waals surface area contributed by atoms with E-state index in [1.165, 1.54) is 0 Å². The second-order valence-electron chi connectivity index (χ2n) is 3.48. The zero-order valence-corrected chi connectivity index (χ0v) is 8.39. The lowest BCUT2D eigenvalue weighted by atomic mass is 9.92. The van der Waals surface area contributed by atoms with Crippen molar-refractivity contribution in [1.82, 2.24) is 0 Å². The van der Waals surface area contributed by atoms with E-state index in [9.17, 15) is 10.2 Å². The third-order valence-corrected chi connectivity index (χ3v) is 2.58. The highest BCUT2D eigenvalue weighted by molar-refractivity contribution is 4.95. The molecule has 15 heavy (non-hydrogen) atoms. The van der Waals surface area contributed by atoms with Crippen LogP contribution >= 0.6 is 0 Å². The highest BCUT2D eigenvalue weighted by Gasteiger charge is 2.42. The van der Waals surface area contributed by atoms with Crippen LogP contribution in [0.25, 0.3) is 10.4 Å². The van der Waals surface area contributed by atoms with E-state index < -0.39 is 30.5 Å². The summed E-state index contributed by atoms with van der Waals surface area (Å²) in [7, 11) is 0. The zero-order valence-electron chi connectivity index (χ0n) is 8.39. The van der Waals surface area contributed by atoms with Crippen molar-refractivity contribution < 1.29 is 20.1 Å². The van der Waals surface area contributed by atoms with E-state index >= 15 is 0 Å². The molecule has 7 nitrogen and oxygen atoms in total. The molecule has 0 amide bonds. The van der Waals surface area contributed by atoms with Crippen molar-refractivity contribution >= 4 is 0 Å². The summed E-state index contributed by atoms with van der Waals surface area (Å²) < 4.78 is 5.31. The molecule has 0 bridgehead atoms. The predicted molar refractivity (Wildman–Crippen MR) is 51.0 cm³/mol. The summed E-state index contributed by atoms with van der Waals surface area (Å²) in [5, 5.41) is 31.6. The molecule has 5 unspecified atom stereocenters. The third-order valence-electron chi connectivity index (χ3n) is 2.58. The Hall–Kier alpha value is -0.850. The predicted octanol–water partition coefficient (Wildman–Crippen LogP) is -0.443. The second-order valence-corrected chi connectivity index (χ2v) is 3.48. The molecule has 0 spiro atoms. The van der Waals surface area contributed by atoms with Crippen LogP contribution in [0.4, 0.5) is 0 Å². The lowest BCUT2D eigenvalue weighted by Gasteiger charge is -2.40. The first-order chi connectivity index (χ1) is 7.15. The molecule has 0 aromatic heterocycles. The average molecular weight is 217 g/mol. The van der Waals surface area contributed by atoms with Crippen molar-refractivity contribution in [2.45, 2.75) is 43.8 Å². The van der Waals surface area contributed by atoms with Gasteiger partial charge in [0, 0.05) is 4.91 Å². The van der Waals surface area contributed by atoms with E-state index in [-0.39, 0.29) is 6.61 Å². The summed E-state index contributed by atoms with van der Waals surface area (Å²) in [4.78, 5) is 2.56. The molecule has 0 aromatic carbocycles. The van der Waals surface area contributed by atoms with Gasteiger partial charge >= 0.3 is 0 Å². The van der Waals surface area contributed by atoms with E-state index in [0.29, 0.717) is 6.42 Å². The number of aliphatic hydroxyl groups is 3. The molecule has 1 aliphatic heterocycles. The molecule has 1 saturated heterocycles. The maximum atomic E-state index is 9.67. The van der Waals surface area contributed by atoms with Crippen molar-refractivity contribution in [3.8, 4) is 0 Å². The summed E-state index contributed by atoms with van der Waals surface area (Å²) in [5.41, 5.74) is 8.29. The number of nitrogens with zero attached hydrogens (tertiary/aromatic N) is 3. The van der Waals surface area contributed by atoms with Crippen LogP contribution in [-0.4, -0.2) is 52.4 Å².